The molecular formula is C29H29FN4O3. The van der Waals surface area contributed by atoms with Crippen molar-refractivity contribution in [1.29, 1.82) is 0 Å². The number of amides is 1. The van der Waals surface area contributed by atoms with Crippen molar-refractivity contribution in [3.8, 4) is 17.1 Å². The Labute approximate surface area is 215 Å². The molecule has 37 heavy (non-hydrogen) atoms. The Hall–Kier alpha value is -4.04. The van der Waals surface area contributed by atoms with Crippen molar-refractivity contribution in [3.63, 3.8) is 0 Å². The summed E-state index contributed by atoms with van der Waals surface area (Å²) in [5.41, 5.74) is 2.81. The average Bonchev–Trinajstić information content (AvgIpc) is 3.41. The zero-order valence-electron chi connectivity index (χ0n) is 20.5. The van der Waals surface area contributed by atoms with Gasteiger partial charge < -0.3 is 14.6 Å². The number of carbonyl (C=O) groups is 1. The minimum absolute atomic E-state index is 0.0526. The molecule has 2 heterocycles. The van der Waals surface area contributed by atoms with Crippen molar-refractivity contribution >= 4 is 5.91 Å². The summed E-state index contributed by atoms with van der Waals surface area (Å²) in [5, 5.41) is 7.16. The van der Waals surface area contributed by atoms with Crippen molar-refractivity contribution in [2.24, 2.45) is 5.92 Å². The molecule has 4 aromatic rings. The highest BCUT2D eigenvalue weighted by Gasteiger charge is 2.26. The zero-order valence-corrected chi connectivity index (χ0v) is 20.5. The van der Waals surface area contributed by atoms with Crippen LogP contribution in [0.4, 0.5) is 4.39 Å². The van der Waals surface area contributed by atoms with E-state index < -0.39 is 0 Å². The van der Waals surface area contributed by atoms with Gasteiger partial charge in [-0.05, 0) is 54.8 Å². The van der Waals surface area contributed by atoms with Gasteiger partial charge in [0.05, 0.1) is 12.5 Å². The first-order valence-corrected chi connectivity index (χ1v) is 12.5. The molecule has 3 aromatic carbocycles. The van der Waals surface area contributed by atoms with Crippen molar-refractivity contribution in [2.75, 3.05) is 13.1 Å². The molecule has 7 nitrogen and oxygen atoms in total. The number of likely N-dealkylation sites (tertiary alicyclic amines) is 1. The summed E-state index contributed by atoms with van der Waals surface area (Å²) in [6, 6.07) is 23.6. The molecule has 8 heteroatoms. The van der Waals surface area contributed by atoms with Crippen LogP contribution in [0.3, 0.4) is 0 Å². The van der Waals surface area contributed by atoms with Crippen LogP contribution in [-0.4, -0.2) is 34.0 Å². The van der Waals surface area contributed by atoms with Gasteiger partial charge in [0, 0.05) is 18.7 Å². The predicted octanol–water partition coefficient (Wildman–Crippen LogP) is 4.98. The molecular weight excluding hydrogens is 471 g/mol. The number of piperidine rings is 1. The summed E-state index contributed by atoms with van der Waals surface area (Å²) in [5.74, 6) is 1.56. The number of hydrogen-bond donors (Lipinski definition) is 1. The van der Waals surface area contributed by atoms with Gasteiger partial charge in [-0.2, -0.15) is 4.98 Å². The fourth-order valence-electron chi connectivity index (χ4n) is 4.41. The first-order valence-electron chi connectivity index (χ1n) is 12.5. The molecule has 1 amide bonds. The van der Waals surface area contributed by atoms with Crippen LogP contribution in [0.15, 0.2) is 83.4 Å². The quantitative estimate of drug-likeness (QED) is 0.349. The van der Waals surface area contributed by atoms with Gasteiger partial charge in [-0.25, -0.2) is 4.39 Å². The number of carbonyl (C=O) groups excluding carboxylic acids is 1. The summed E-state index contributed by atoms with van der Waals surface area (Å²) in [6.45, 7) is 2.91. The smallest absolute Gasteiger partial charge is 0.241 e. The van der Waals surface area contributed by atoms with E-state index in [1.54, 1.807) is 12.1 Å². The largest absolute Gasteiger partial charge is 0.489 e. The van der Waals surface area contributed by atoms with E-state index in [0.717, 1.165) is 41.8 Å². The van der Waals surface area contributed by atoms with E-state index in [1.165, 1.54) is 12.1 Å². The van der Waals surface area contributed by atoms with E-state index in [0.29, 0.717) is 38.0 Å². The predicted molar refractivity (Wildman–Crippen MR) is 137 cm³/mol. The maximum Gasteiger partial charge on any atom is 0.241 e. The Bertz CT molecular complexity index is 1290. The second kappa shape index (κ2) is 11.8. The lowest BCUT2D eigenvalue weighted by Gasteiger charge is -2.30. The normalized spacial score (nSPS) is 15.9. The lowest BCUT2D eigenvalue weighted by atomic mass is 9.97. The Balaban J connectivity index is 1.07. The SMILES string of the molecule is O=C(NCc1ccc(OCc2ccc(F)cc2)cc1)C1CCCN(Cc2nc(-c3ccccc3)no2)C1. The molecule has 5 rings (SSSR count). The number of nitrogens with one attached hydrogen (secondary N) is 1. The number of benzene rings is 3. The van der Waals surface area contributed by atoms with Gasteiger partial charge in [-0.3, -0.25) is 9.69 Å². The van der Waals surface area contributed by atoms with Crippen LogP contribution in [0, 0.1) is 11.7 Å². The standard InChI is InChI=1S/C29H29FN4O3/c30-25-12-8-22(9-13-25)20-36-26-14-10-21(11-15-26)17-31-29(35)24-7-4-16-34(18-24)19-27-32-28(33-37-27)23-5-2-1-3-6-23/h1-3,5-6,8-15,24H,4,7,16-20H2,(H,31,35). The van der Waals surface area contributed by atoms with E-state index in [9.17, 15) is 9.18 Å². The zero-order chi connectivity index (χ0) is 25.5. The second-order valence-electron chi connectivity index (χ2n) is 9.23. The fourth-order valence-corrected chi connectivity index (χ4v) is 4.41. The molecule has 1 N–H and O–H groups in total. The monoisotopic (exact) mass is 500 g/mol. The van der Waals surface area contributed by atoms with Crippen LogP contribution in [0.5, 0.6) is 5.75 Å². The maximum absolute atomic E-state index is 13.0. The summed E-state index contributed by atoms with van der Waals surface area (Å²) < 4.78 is 24.2. The summed E-state index contributed by atoms with van der Waals surface area (Å²) >= 11 is 0. The lowest BCUT2D eigenvalue weighted by Crippen LogP contribution is -2.42. The van der Waals surface area contributed by atoms with E-state index in [1.807, 2.05) is 54.6 Å². The van der Waals surface area contributed by atoms with E-state index in [2.05, 4.69) is 20.4 Å². The van der Waals surface area contributed by atoms with E-state index in [-0.39, 0.29) is 17.6 Å². The summed E-state index contributed by atoms with van der Waals surface area (Å²) in [7, 11) is 0. The van der Waals surface area contributed by atoms with Crippen LogP contribution >= 0.6 is 0 Å². The summed E-state index contributed by atoms with van der Waals surface area (Å²) in [6.07, 6.45) is 1.80. The number of hydrogen-bond acceptors (Lipinski definition) is 6. The molecule has 1 aliphatic rings. The van der Waals surface area contributed by atoms with Crippen molar-refractivity contribution in [3.05, 3.63) is 102 Å². The van der Waals surface area contributed by atoms with Gasteiger partial charge in [0.25, 0.3) is 0 Å². The highest BCUT2D eigenvalue weighted by Crippen LogP contribution is 2.21. The minimum Gasteiger partial charge on any atom is -0.489 e. The molecule has 1 atom stereocenters. The number of rotatable bonds is 9. The van der Waals surface area contributed by atoms with Crippen LogP contribution < -0.4 is 10.1 Å². The third-order valence-corrected chi connectivity index (χ3v) is 6.44. The van der Waals surface area contributed by atoms with Gasteiger partial charge in [0.15, 0.2) is 0 Å². The second-order valence-corrected chi connectivity index (χ2v) is 9.23. The fraction of sp³-hybridized carbons (Fsp3) is 0.276. The van der Waals surface area contributed by atoms with Crippen LogP contribution in [-0.2, 0) is 24.5 Å². The van der Waals surface area contributed by atoms with E-state index >= 15 is 0 Å². The molecule has 1 saturated heterocycles. The topological polar surface area (TPSA) is 80.5 Å². The average molecular weight is 501 g/mol. The molecule has 1 aliphatic heterocycles. The highest BCUT2D eigenvalue weighted by atomic mass is 19.1. The number of ether oxygens (including phenoxy) is 1. The maximum atomic E-state index is 13.0. The van der Waals surface area contributed by atoms with Gasteiger partial charge in [-0.1, -0.05) is 59.8 Å². The molecule has 0 bridgehead atoms. The van der Waals surface area contributed by atoms with Crippen molar-refractivity contribution in [1.82, 2.24) is 20.4 Å². The first kappa shape index (κ1) is 24.6. The Morgan fingerprint density at radius 1 is 1.03 bits per heavy atom. The summed E-state index contributed by atoms with van der Waals surface area (Å²) in [4.78, 5) is 19.6. The Morgan fingerprint density at radius 2 is 1.78 bits per heavy atom. The molecule has 0 radical (unpaired) electrons. The van der Waals surface area contributed by atoms with Crippen LogP contribution in [0.2, 0.25) is 0 Å². The van der Waals surface area contributed by atoms with E-state index in [4.69, 9.17) is 9.26 Å². The number of halogens is 1. The Morgan fingerprint density at radius 3 is 2.57 bits per heavy atom. The molecule has 1 aromatic heterocycles. The van der Waals surface area contributed by atoms with Crippen molar-refractivity contribution < 1.29 is 18.4 Å². The molecule has 0 spiro atoms. The Kier molecular flexibility index (Phi) is 7.86. The van der Waals surface area contributed by atoms with Gasteiger partial charge in [0.2, 0.25) is 17.6 Å². The van der Waals surface area contributed by atoms with Crippen LogP contribution in [0.25, 0.3) is 11.4 Å². The molecule has 1 fully saturated rings. The third-order valence-electron chi connectivity index (χ3n) is 6.44. The number of aromatic nitrogens is 2. The molecule has 0 aliphatic carbocycles. The molecule has 0 saturated carbocycles. The lowest BCUT2D eigenvalue weighted by molar-refractivity contribution is -0.127. The molecule has 190 valence electrons. The third kappa shape index (κ3) is 6.80. The van der Waals surface area contributed by atoms with Gasteiger partial charge >= 0.3 is 0 Å². The first-order chi connectivity index (χ1) is 18.1. The molecule has 1 unspecified atom stereocenters. The number of nitrogens with zero attached hydrogens (tertiary/aromatic N) is 3. The minimum atomic E-state index is -0.264. The van der Waals surface area contributed by atoms with Gasteiger partial charge in [0.1, 0.15) is 18.2 Å². The van der Waals surface area contributed by atoms with Crippen molar-refractivity contribution in [2.45, 2.75) is 32.5 Å². The van der Waals surface area contributed by atoms with Gasteiger partial charge in [-0.15, -0.1) is 0 Å². The highest BCUT2D eigenvalue weighted by molar-refractivity contribution is 5.79. The van der Waals surface area contributed by atoms with Crippen LogP contribution in [0.1, 0.15) is 29.9 Å².